The summed E-state index contributed by atoms with van der Waals surface area (Å²) in [5.74, 6) is -2.93. The lowest BCUT2D eigenvalue weighted by Crippen LogP contribution is -2.60. The lowest BCUT2D eigenvalue weighted by Gasteiger charge is -2.29. The largest absolute Gasteiger partial charge is 0.425 e. The van der Waals surface area contributed by atoms with Gasteiger partial charge in [0.2, 0.25) is 0 Å². The second-order valence-electron chi connectivity index (χ2n) is 3.77. The maximum Gasteiger partial charge on any atom is 0.425 e. The topological polar surface area (TPSA) is 42.0 Å². The van der Waals surface area contributed by atoms with Gasteiger partial charge in [-0.1, -0.05) is 17.7 Å². The average Bonchev–Trinajstić information content (AvgIpc) is 2.24. The van der Waals surface area contributed by atoms with Crippen LogP contribution in [0.1, 0.15) is 5.69 Å². The van der Waals surface area contributed by atoms with Crippen LogP contribution in [0.25, 0.3) is 0 Å². The van der Waals surface area contributed by atoms with E-state index in [0.29, 0.717) is 5.69 Å². The Balaban J connectivity index is 3.15. The Morgan fingerprint density at radius 3 is 2.05 bits per heavy atom. The number of halogens is 7. The number of carbonyl (C=O) groups excluding carboxylic acids is 1. The number of alkyl halides is 7. The molecule has 0 fully saturated rings. The summed E-state index contributed by atoms with van der Waals surface area (Å²) in [5, 5.41) is 1.41. The zero-order valence-electron chi connectivity index (χ0n) is 9.73. The van der Waals surface area contributed by atoms with Crippen LogP contribution < -0.4 is 5.32 Å². The van der Waals surface area contributed by atoms with Crippen LogP contribution in [0.2, 0.25) is 0 Å². The Kier molecular flexibility index (Phi) is 4.23. The van der Waals surface area contributed by atoms with Gasteiger partial charge in [-0.2, -0.15) is 26.3 Å². The van der Waals surface area contributed by atoms with E-state index in [1.54, 1.807) is 0 Å². The molecule has 112 valence electrons. The van der Waals surface area contributed by atoms with E-state index in [0.717, 1.165) is 6.07 Å². The van der Waals surface area contributed by atoms with Crippen LogP contribution in [-0.4, -0.2) is 28.1 Å². The molecule has 3 nitrogen and oxygen atoms in total. The Morgan fingerprint density at radius 2 is 1.65 bits per heavy atom. The van der Waals surface area contributed by atoms with E-state index in [1.807, 2.05) is 0 Å². The summed E-state index contributed by atoms with van der Waals surface area (Å²) in [6.45, 7) is 1.44. The minimum atomic E-state index is -6.01. The van der Waals surface area contributed by atoms with Crippen LogP contribution in [0.4, 0.5) is 32.2 Å². The van der Waals surface area contributed by atoms with Crippen molar-refractivity contribution >= 4 is 23.3 Å². The van der Waals surface area contributed by atoms with Gasteiger partial charge in [0.1, 0.15) is 5.82 Å². The van der Waals surface area contributed by atoms with Crippen molar-refractivity contribution in [1.29, 1.82) is 0 Å². The molecular weight excluding hydrogens is 314 g/mol. The molecule has 0 aliphatic carbocycles. The first-order valence-electron chi connectivity index (χ1n) is 4.97. The van der Waals surface area contributed by atoms with Gasteiger partial charge in [-0.05, 0) is 19.1 Å². The second-order valence-corrected chi connectivity index (χ2v) is 4.34. The lowest BCUT2D eigenvalue weighted by atomic mass is 10.1. The molecule has 0 aliphatic heterocycles. The van der Waals surface area contributed by atoms with Crippen molar-refractivity contribution in [1.82, 2.24) is 4.98 Å². The van der Waals surface area contributed by atoms with Crippen molar-refractivity contribution in [2.75, 3.05) is 5.32 Å². The summed E-state index contributed by atoms with van der Waals surface area (Å²) in [4.78, 5) is 9.85. The smallest absolute Gasteiger partial charge is 0.309 e. The Hall–Kier alpha value is -1.51. The SMILES string of the molecule is Cc1cccc(NC(=O)C(Cl)(C(F)(F)F)C(F)(F)F)n1. The molecule has 10 heteroatoms. The Morgan fingerprint density at radius 1 is 1.15 bits per heavy atom. The van der Waals surface area contributed by atoms with Crippen molar-refractivity contribution in [3.8, 4) is 0 Å². The summed E-state index contributed by atoms with van der Waals surface area (Å²) < 4.78 is 75.0. The van der Waals surface area contributed by atoms with Crippen LogP contribution in [0.3, 0.4) is 0 Å². The highest BCUT2D eigenvalue weighted by molar-refractivity contribution is 6.38. The highest BCUT2D eigenvalue weighted by Gasteiger charge is 2.75. The van der Waals surface area contributed by atoms with Gasteiger partial charge in [0.25, 0.3) is 5.91 Å². The highest BCUT2D eigenvalue weighted by atomic mass is 35.5. The Labute approximate surface area is 113 Å². The zero-order chi connectivity index (χ0) is 15.8. The van der Waals surface area contributed by atoms with E-state index in [-0.39, 0.29) is 0 Å². The van der Waals surface area contributed by atoms with Gasteiger partial charge in [-0.25, -0.2) is 4.98 Å². The molecule has 0 spiro atoms. The first kappa shape index (κ1) is 16.5. The monoisotopic (exact) mass is 320 g/mol. The minimum absolute atomic E-state index is 0.294. The third-order valence-corrected chi connectivity index (χ3v) is 2.82. The number of rotatable bonds is 2. The van der Waals surface area contributed by atoms with Crippen LogP contribution in [-0.2, 0) is 4.79 Å². The van der Waals surface area contributed by atoms with Crippen molar-refractivity contribution in [3.63, 3.8) is 0 Å². The summed E-state index contributed by atoms with van der Waals surface area (Å²) in [6.07, 6.45) is -12.0. The molecule has 0 bridgehead atoms. The fourth-order valence-corrected chi connectivity index (χ4v) is 1.28. The maximum atomic E-state index is 12.5. The van der Waals surface area contributed by atoms with E-state index >= 15 is 0 Å². The predicted octanol–water partition coefficient (Wildman–Crippen LogP) is 3.43. The molecule has 0 radical (unpaired) electrons. The van der Waals surface area contributed by atoms with Gasteiger partial charge >= 0.3 is 17.2 Å². The van der Waals surface area contributed by atoms with E-state index in [9.17, 15) is 31.1 Å². The molecule has 0 saturated heterocycles. The first-order chi connectivity index (χ1) is 8.89. The van der Waals surface area contributed by atoms with E-state index in [2.05, 4.69) is 16.6 Å². The normalized spacial score (nSPS) is 13.2. The average molecular weight is 321 g/mol. The molecule has 0 saturated carbocycles. The number of nitrogens with one attached hydrogen (secondary N) is 1. The summed E-state index contributed by atoms with van der Waals surface area (Å²) in [5.41, 5.74) is 0.294. The van der Waals surface area contributed by atoms with E-state index in [4.69, 9.17) is 0 Å². The van der Waals surface area contributed by atoms with Gasteiger partial charge in [-0.3, -0.25) is 4.79 Å². The molecule has 0 aromatic carbocycles. The first-order valence-corrected chi connectivity index (χ1v) is 5.35. The number of pyridine rings is 1. The Bertz CT molecular complexity index is 499. The number of hydrogen-bond donors (Lipinski definition) is 1. The van der Waals surface area contributed by atoms with Crippen molar-refractivity contribution in [2.24, 2.45) is 0 Å². The molecule has 1 aromatic heterocycles. The molecular formula is C10H7ClF6N2O. The number of anilines is 1. The van der Waals surface area contributed by atoms with Crippen molar-refractivity contribution < 1.29 is 31.1 Å². The third kappa shape index (κ3) is 2.97. The maximum absolute atomic E-state index is 12.5. The van der Waals surface area contributed by atoms with E-state index < -0.39 is 29.0 Å². The molecule has 1 aromatic rings. The molecule has 0 atom stereocenters. The standard InChI is InChI=1S/C10H7ClF6N2O/c1-5-3-2-4-6(18-5)19-7(20)8(11,9(12,13)14)10(15,16)17/h2-4H,1H3,(H,18,19,20). The number of aromatic nitrogens is 1. The fourth-order valence-electron chi connectivity index (χ4n) is 1.23. The van der Waals surface area contributed by atoms with Crippen LogP contribution in [0.15, 0.2) is 18.2 Å². The van der Waals surface area contributed by atoms with Gasteiger partial charge in [0.05, 0.1) is 0 Å². The van der Waals surface area contributed by atoms with Crippen molar-refractivity contribution in [2.45, 2.75) is 24.2 Å². The number of amides is 1. The fraction of sp³-hybridized carbons (Fsp3) is 0.400. The van der Waals surface area contributed by atoms with Gasteiger partial charge in [-0.15, -0.1) is 0 Å². The highest BCUT2D eigenvalue weighted by Crippen LogP contribution is 2.48. The summed E-state index contributed by atoms with van der Waals surface area (Å²) in [7, 11) is 0. The van der Waals surface area contributed by atoms with Crippen LogP contribution in [0.5, 0.6) is 0 Å². The van der Waals surface area contributed by atoms with Gasteiger partial charge < -0.3 is 5.32 Å². The lowest BCUT2D eigenvalue weighted by molar-refractivity contribution is -0.258. The van der Waals surface area contributed by atoms with E-state index in [1.165, 1.54) is 24.4 Å². The molecule has 0 unspecified atom stereocenters. The van der Waals surface area contributed by atoms with Gasteiger partial charge in [0.15, 0.2) is 0 Å². The molecule has 20 heavy (non-hydrogen) atoms. The predicted molar refractivity (Wildman–Crippen MR) is 58.3 cm³/mol. The number of carbonyl (C=O) groups is 1. The summed E-state index contributed by atoms with van der Waals surface area (Å²) in [6, 6.07) is 3.78. The number of nitrogens with zero attached hydrogens (tertiary/aromatic N) is 1. The second kappa shape index (κ2) is 5.12. The molecule has 1 N–H and O–H groups in total. The molecule has 0 aliphatic rings. The third-order valence-electron chi connectivity index (χ3n) is 2.22. The molecule has 1 heterocycles. The zero-order valence-corrected chi connectivity index (χ0v) is 10.5. The summed E-state index contributed by atoms with van der Waals surface area (Å²) >= 11 is 4.54. The quantitative estimate of drug-likeness (QED) is 0.670. The minimum Gasteiger partial charge on any atom is -0.309 e. The molecule has 1 rings (SSSR count). The number of aryl methyl sites for hydroxylation is 1. The van der Waals surface area contributed by atoms with Crippen LogP contribution in [0, 0.1) is 6.92 Å². The number of hydrogen-bond acceptors (Lipinski definition) is 2. The van der Waals surface area contributed by atoms with Gasteiger partial charge in [0, 0.05) is 5.69 Å². The van der Waals surface area contributed by atoms with Crippen molar-refractivity contribution in [3.05, 3.63) is 23.9 Å². The van der Waals surface area contributed by atoms with Crippen LogP contribution >= 0.6 is 11.6 Å². The molecule has 1 amide bonds.